The third-order valence-corrected chi connectivity index (χ3v) is 16.7. The van der Waals surface area contributed by atoms with Crippen LogP contribution >= 0.6 is 67.8 Å². The molecule has 2 amide bonds. The van der Waals surface area contributed by atoms with Gasteiger partial charge in [-0.3, -0.25) is 14.4 Å². The van der Waals surface area contributed by atoms with Crippen molar-refractivity contribution in [2.24, 2.45) is 46.3 Å². The predicted molar refractivity (Wildman–Crippen MR) is 223 cm³/mol. The number of benzene rings is 1. The zero-order chi connectivity index (χ0) is 40.2. The van der Waals surface area contributed by atoms with Gasteiger partial charge in [0.25, 0.3) is 0 Å². The third-order valence-electron chi connectivity index (χ3n) is 13.5. The Labute approximate surface area is 356 Å². The topological polar surface area (TPSA) is 209 Å². The lowest BCUT2D eigenvalue weighted by Gasteiger charge is -2.64. The van der Waals surface area contributed by atoms with E-state index in [1.54, 1.807) is 0 Å². The molecule has 4 aliphatic carbocycles. The van der Waals surface area contributed by atoms with E-state index in [0.717, 1.165) is 12.8 Å². The highest BCUT2D eigenvalue weighted by molar-refractivity contribution is 14.1. The van der Waals surface area contributed by atoms with Crippen molar-refractivity contribution >= 4 is 109 Å². The first-order valence-corrected chi connectivity index (χ1v) is 21.8. The van der Waals surface area contributed by atoms with E-state index in [4.69, 9.17) is 9.47 Å². The molecule has 0 spiro atoms. The molecule has 0 radical (unpaired) electrons. The molecular weight excluding hydrogens is 1040 g/mol. The summed E-state index contributed by atoms with van der Waals surface area (Å²) in [6, 6.07) is 0. The van der Waals surface area contributed by atoms with E-state index in [-0.39, 0.29) is 77.6 Å². The average Bonchev–Trinajstić information content (AvgIpc) is 3.43. The molecule has 0 saturated heterocycles. The second-order valence-electron chi connectivity index (χ2n) is 16.6. The van der Waals surface area contributed by atoms with Crippen LogP contribution in [0.25, 0.3) is 0 Å². The molecule has 54 heavy (non-hydrogen) atoms. The number of amides is 2. The summed E-state index contributed by atoms with van der Waals surface area (Å²) < 4.78 is 12.4. The van der Waals surface area contributed by atoms with Crippen LogP contribution in [0.2, 0.25) is 0 Å². The minimum atomic E-state index is -1.89. The van der Waals surface area contributed by atoms with Crippen molar-refractivity contribution in [3.8, 4) is 0 Å². The average molecular weight is 1090 g/mol. The van der Waals surface area contributed by atoms with Gasteiger partial charge in [-0.2, -0.15) is 0 Å². The van der Waals surface area contributed by atoms with Gasteiger partial charge in [0.05, 0.1) is 39.9 Å². The molecule has 13 nitrogen and oxygen atoms in total. The van der Waals surface area contributed by atoms with Crippen LogP contribution < -0.4 is 10.6 Å². The molecule has 4 aliphatic rings. The number of anilines is 2. The van der Waals surface area contributed by atoms with E-state index in [0.29, 0.717) is 47.8 Å². The fraction of sp³-hybridized carbons (Fsp3) is 0.711. The molecule has 0 heterocycles. The molecule has 4 saturated carbocycles. The number of carbonyl (C=O) groups is 5. The number of carbonyl (C=O) groups excluding carboxylic acids is 4. The van der Waals surface area contributed by atoms with Crippen LogP contribution in [0, 0.1) is 57.0 Å². The van der Waals surface area contributed by atoms with E-state index < -0.39 is 47.4 Å². The third kappa shape index (κ3) is 8.03. The summed E-state index contributed by atoms with van der Waals surface area (Å²) in [6.07, 6.45) is 1.11. The molecule has 1 unspecified atom stereocenters. The first-order chi connectivity index (χ1) is 25.1. The Morgan fingerprint density at radius 2 is 1.46 bits per heavy atom. The maximum Gasteiger partial charge on any atom is 0.343 e. The highest BCUT2D eigenvalue weighted by Crippen LogP contribution is 2.69. The van der Waals surface area contributed by atoms with Gasteiger partial charge in [0, 0.05) is 27.2 Å². The number of nitrogens with one attached hydrogen (secondary N) is 2. The molecule has 1 aromatic rings. The first kappa shape index (κ1) is 43.8. The van der Waals surface area contributed by atoms with Crippen molar-refractivity contribution in [3.05, 3.63) is 16.3 Å². The van der Waals surface area contributed by atoms with Gasteiger partial charge in [0.2, 0.25) is 18.1 Å². The van der Waals surface area contributed by atoms with E-state index in [1.807, 2.05) is 67.8 Å². The van der Waals surface area contributed by atoms with Gasteiger partial charge < -0.3 is 40.5 Å². The standard InChI is InChI=1S/C38H51I3N2O11/c1-16(7-10-26(48)49)21-8-9-22-27-23(14-25(47)37(21,22)6)36(5)11-12-38(52,15-20(36)13-24(27)46)35(51)54-19(4)53-34(50)28-29(39)32(42-17(2)44)31(41)33(30(28)40)43-18(3)45/h16,19-25,27,46-47,52H,7-15H2,1-6H3,(H,42,44)(H,43,45)(H,48,49)/t16-,19?,20-,21-,22+,23+,24-,25+,27+,36+,37-,38-/m1/s1. The van der Waals surface area contributed by atoms with Crippen LogP contribution in [0.15, 0.2) is 0 Å². The Morgan fingerprint density at radius 3 is 2.02 bits per heavy atom. The number of halogens is 3. The predicted octanol–water partition coefficient (Wildman–Crippen LogP) is 6.30. The number of hydrogen-bond acceptors (Lipinski definition) is 10. The summed E-state index contributed by atoms with van der Waals surface area (Å²) in [6.45, 7) is 10.4. The number of aliphatic hydroxyl groups excluding tert-OH is 2. The van der Waals surface area contributed by atoms with E-state index in [2.05, 4.69) is 31.4 Å². The summed E-state index contributed by atoms with van der Waals surface area (Å²) in [5, 5.41) is 50.2. The Morgan fingerprint density at radius 1 is 0.870 bits per heavy atom. The highest BCUT2D eigenvalue weighted by atomic mass is 127. The number of aliphatic carboxylic acids is 1. The smallest absolute Gasteiger partial charge is 0.343 e. The van der Waals surface area contributed by atoms with E-state index >= 15 is 0 Å². The number of fused-ring (bicyclic) bond motifs is 5. The number of aliphatic hydroxyl groups is 3. The zero-order valence-corrected chi connectivity index (χ0v) is 37.8. The minimum Gasteiger partial charge on any atom is -0.481 e. The van der Waals surface area contributed by atoms with Crippen molar-refractivity contribution in [3.63, 3.8) is 0 Å². The molecule has 0 aliphatic heterocycles. The van der Waals surface area contributed by atoms with Crippen molar-refractivity contribution in [2.75, 3.05) is 10.6 Å². The Balaban J connectivity index is 1.29. The maximum atomic E-state index is 13.7. The zero-order valence-electron chi connectivity index (χ0n) is 31.3. The van der Waals surface area contributed by atoms with Gasteiger partial charge in [0.15, 0.2) is 5.60 Å². The number of hydrogen-bond donors (Lipinski definition) is 6. The minimum absolute atomic E-state index is 0.0310. The van der Waals surface area contributed by atoms with Crippen LogP contribution in [0.4, 0.5) is 11.4 Å². The van der Waals surface area contributed by atoms with Crippen LogP contribution in [0.5, 0.6) is 0 Å². The first-order valence-electron chi connectivity index (χ1n) is 18.5. The lowest BCUT2D eigenvalue weighted by atomic mass is 9.42. The lowest BCUT2D eigenvalue weighted by molar-refractivity contribution is -0.225. The van der Waals surface area contributed by atoms with Crippen LogP contribution in [0.1, 0.15) is 110 Å². The largest absolute Gasteiger partial charge is 0.481 e. The Hall–Kier alpha value is -1.36. The SMILES string of the molecule is CC(=O)Nc1c(I)c(NC(C)=O)c(I)c(C(=O)OC(C)OC(=O)[C@@]2(O)CC[C@@]3(C)[C@H](C[C@@H](O)[C@@H]4[C@@H]3C[C@H](O)[C@]3(C)[C@@H]([C@H](C)CCC(=O)O)CC[C@@H]43)C2)c1I. The summed E-state index contributed by atoms with van der Waals surface area (Å²) >= 11 is 5.80. The monoisotopic (exact) mass is 1090 g/mol. The Kier molecular flexibility index (Phi) is 13.4. The van der Waals surface area contributed by atoms with E-state index in [9.17, 15) is 44.4 Å². The lowest BCUT2D eigenvalue weighted by Crippen LogP contribution is -2.64. The van der Waals surface area contributed by atoms with Crippen LogP contribution in [0.3, 0.4) is 0 Å². The van der Waals surface area contributed by atoms with Gasteiger partial charge >= 0.3 is 17.9 Å². The molecule has 4 fully saturated rings. The quantitative estimate of drug-likeness (QED) is 0.0872. The summed E-state index contributed by atoms with van der Waals surface area (Å²) in [7, 11) is 0. The summed E-state index contributed by atoms with van der Waals surface area (Å²) in [5.41, 5.74) is -2.01. The normalized spacial score (nSPS) is 35.4. The molecule has 0 aromatic heterocycles. The molecule has 12 atom stereocenters. The van der Waals surface area contributed by atoms with Crippen molar-refractivity contribution in [1.29, 1.82) is 0 Å². The number of rotatable bonds is 10. The molecule has 1 aromatic carbocycles. The Bertz CT molecular complexity index is 1670. The van der Waals surface area contributed by atoms with Crippen molar-refractivity contribution in [1.82, 2.24) is 0 Å². The van der Waals surface area contributed by atoms with Gasteiger partial charge in [-0.1, -0.05) is 20.8 Å². The fourth-order valence-corrected chi connectivity index (χ4v) is 14.9. The van der Waals surface area contributed by atoms with Crippen molar-refractivity contribution in [2.45, 2.75) is 123 Å². The summed E-state index contributed by atoms with van der Waals surface area (Å²) in [5.74, 6) is -3.38. The number of carboxylic acids is 1. The maximum absolute atomic E-state index is 13.7. The number of carboxylic acid groups (broad SMARTS) is 1. The van der Waals surface area contributed by atoms with E-state index in [1.165, 1.54) is 20.8 Å². The fourth-order valence-electron chi connectivity index (χ4n) is 10.8. The molecule has 0 bridgehead atoms. The van der Waals surface area contributed by atoms with Crippen LogP contribution in [-0.2, 0) is 28.7 Å². The summed E-state index contributed by atoms with van der Waals surface area (Å²) in [4.78, 5) is 62.5. The molecular formula is C38H51I3N2O11. The molecule has 300 valence electrons. The van der Waals surface area contributed by atoms with Gasteiger partial charge in [-0.05, 0) is 165 Å². The molecule has 5 rings (SSSR count). The second kappa shape index (κ2) is 16.5. The highest BCUT2D eigenvalue weighted by Gasteiger charge is 2.67. The van der Waals surface area contributed by atoms with Crippen LogP contribution in [-0.4, -0.2) is 74.2 Å². The molecule has 16 heteroatoms. The molecule has 6 N–H and O–H groups in total. The van der Waals surface area contributed by atoms with Gasteiger partial charge in [-0.15, -0.1) is 0 Å². The number of esters is 2. The van der Waals surface area contributed by atoms with Gasteiger partial charge in [0.1, 0.15) is 0 Å². The van der Waals surface area contributed by atoms with Crippen molar-refractivity contribution < 1.29 is 53.9 Å². The second-order valence-corrected chi connectivity index (χ2v) is 19.8. The van der Waals surface area contributed by atoms with Gasteiger partial charge in [-0.25, -0.2) is 9.59 Å². The number of ether oxygens (including phenoxy) is 2.